The molecule has 6 nitrogen and oxygen atoms in total. The third kappa shape index (κ3) is 4.31. The van der Waals surface area contributed by atoms with Gasteiger partial charge in [-0.15, -0.1) is 0 Å². The molecule has 1 N–H and O–H groups in total. The molecule has 5 aliphatic rings. The molecule has 1 aromatic heterocycles. The molecule has 0 aliphatic heterocycles. The van der Waals surface area contributed by atoms with E-state index in [1.165, 1.54) is 0 Å². The summed E-state index contributed by atoms with van der Waals surface area (Å²) in [5.41, 5.74) is -0.205. The van der Waals surface area contributed by atoms with Crippen molar-refractivity contribution in [1.82, 2.24) is 4.98 Å². The SMILES string of the molecule is CC1(C)CC[C@]2(CCC(=O)Nc3ccccn3)CC[C@]3(C)[C@@H](C(=O)C=C4[C@@]5(C)C=C(C#N)C(=O)C(C)(C)[C@@H]5CC[C@]43C)C2C1. The summed E-state index contributed by atoms with van der Waals surface area (Å²) in [4.78, 5) is 45.4. The molecule has 1 heterocycles. The summed E-state index contributed by atoms with van der Waals surface area (Å²) in [7, 11) is 0. The van der Waals surface area contributed by atoms with E-state index in [1.54, 1.807) is 6.20 Å². The first-order valence-corrected chi connectivity index (χ1v) is 16.7. The van der Waals surface area contributed by atoms with Gasteiger partial charge in [0.05, 0.1) is 5.57 Å². The number of fused-ring (bicyclic) bond motifs is 7. The van der Waals surface area contributed by atoms with Gasteiger partial charge in [0.15, 0.2) is 11.6 Å². The molecular weight excluding hydrogens is 546 g/mol. The second-order valence-electron chi connectivity index (χ2n) is 16.9. The normalized spacial score (nSPS) is 40.2. The van der Waals surface area contributed by atoms with Crippen LogP contribution >= 0.6 is 0 Å². The minimum atomic E-state index is -0.664. The van der Waals surface area contributed by atoms with Crippen molar-refractivity contribution in [1.29, 1.82) is 5.26 Å². The second-order valence-corrected chi connectivity index (χ2v) is 16.9. The van der Waals surface area contributed by atoms with E-state index in [-0.39, 0.29) is 62.5 Å². The molecule has 0 bridgehead atoms. The van der Waals surface area contributed by atoms with Crippen molar-refractivity contribution >= 4 is 23.3 Å². The number of carbonyl (C=O) groups is 3. The molecule has 234 valence electrons. The Morgan fingerprint density at radius 3 is 2.43 bits per heavy atom. The van der Waals surface area contributed by atoms with Gasteiger partial charge in [0.1, 0.15) is 11.9 Å². The zero-order valence-corrected chi connectivity index (χ0v) is 27.7. The van der Waals surface area contributed by atoms with Gasteiger partial charge in [0.2, 0.25) is 5.91 Å². The largest absolute Gasteiger partial charge is 0.311 e. The van der Waals surface area contributed by atoms with Crippen molar-refractivity contribution in [3.8, 4) is 6.07 Å². The number of Topliss-reactive ketones (excluding diaryl/α,β-unsaturated/α-hetero) is 1. The van der Waals surface area contributed by atoms with Crippen LogP contribution < -0.4 is 5.32 Å². The van der Waals surface area contributed by atoms with Gasteiger partial charge >= 0.3 is 0 Å². The smallest absolute Gasteiger partial charge is 0.225 e. The van der Waals surface area contributed by atoms with E-state index in [4.69, 9.17) is 0 Å². The average Bonchev–Trinajstić information content (AvgIpc) is 2.96. The topological polar surface area (TPSA) is 99.9 Å². The molecule has 7 atom stereocenters. The van der Waals surface area contributed by atoms with Gasteiger partial charge in [-0.25, -0.2) is 4.98 Å². The van der Waals surface area contributed by atoms with Crippen molar-refractivity contribution in [3.05, 3.63) is 47.7 Å². The quantitative estimate of drug-likeness (QED) is 0.380. The Kier molecular flexibility index (Phi) is 7.01. The van der Waals surface area contributed by atoms with Crippen molar-refractivity contribution in [2.45, 2.75) is 106 Å². The number of allylic oxidation sites excluding steroid dienone is 4. The number of nitriles is 1. The van der Waals surface area contributed by atoms with E-state index in [1.807, 2.05) is 44.2 Å². The maximum Gasteiger partial charge on any atom is 0.225 e. The number of aromatic nitrogens is 1. The molecule has 44 heavy (non-hydrogen) atoms. The summed E-state index contributed by atoms with van der Waals surface area (Å²) in [6.07, 6.45) is 13.7. The third-order valence-corrected chi connectivity index (χ3v) is 13.8. The molecule has 5 aliphatic carbocycles. The van der Waals surface area contributed by atoms with Crippen LogP contribution in [0.15, 0.2) is 47.7 Å². The van der Waals surface area contributed by atoms with Crippen LogP contribution in [0.5, 0.6) is 0 Å². The van der Waals surface area contributed by atoms with E-state index in [0.29, 0.717) is 12.2 Å². The van der Waals surface area contributed by atoms with E-state index < -0.39 is 10.8 Å². The first-order valence-electron chi connectivity index (χ1n) is 16.7. The standard InChI is InChI=1S/C38H49N3O3/c1-33(2)15-17-38(14-12-30(43)41-29-10-8-9-19-40-29)18-16-37(7)31(25(38)22-33)26(42)20-28-35(5)21-24(23-39)32(44)34(3,4)27(35)11-13-36(28,37)6/h8-10,19-21,25,27,31H,11-18,22H2,1-7H3,(H,40,41,43)/t25?,27-,31+,35-,36+,37+,38+/m0/s1. The molecule has 1 aromatic rings. The fraction of sp³-hybridized carbons (Fsp3) is 0.658. The van der Waals surface area contributed by atoms with Crippen LogP contribution in [-0.4, -0.2) is 22.5 Å². The summed E-state index contributed by atoms with van der Waals surface area (Å²) in [6, 6.07) is 7.73. The molecule has 3 fully saturated rings. The van der Waals surface area contributed by atoms with Crippen LogP contribution in [0.25, 0.3) is 0 Å². The van der Waals surface area contributed by atoms with Gasteiger partial charge < -0.3 is 5.32 Å². The number of pyridine rings is 1. The first-order chi connectivity index (χ1) is 20.5. The summed E-state index contributed by atoms with van der Waals surface area (Å²) in [5, 5.41) is 12.9. The molecule has 6 rings (SSSR count). The highest BCUT2D eigenvalue weighted by Crippen LogP contribution is 2.75. The summed E-state index contributed by atoms with van der Waals surface area (Å²) >= 11 is 0. The minimum absolute atomic E-state index is 0.0140. The lowest BCUT2D eigenvalue weighted by Crippen LogP contribution is -2.64. The number of rotatable bonds is 4. The van der Waals surface area contributed by atoms with Crippen molar-refractivity contribution in [2.24, 2.45) is 50.2 Å². The summed E-state index contributed by atoms with van der Waals surface area (Å²) < 4.78 is 0. The predicted molar refractivity (Wildman–Crippen MR) is 171 cm³/mol. The van der Waals surface area contributed by atoms with Crippen molar-refractivity contribution < 1.29 is 14.4 Å². The van der Waals surface area contributed by atoms with Gasteiger partial charge in [-0.05, 0) is 103 Å². The van der Waals surface area contributed by atoms with Gasteiger partial charge in [-0.3, -0.25) is 14.4 Å². The fourth-order valence-corrected chi connectivity index (χ4v) is 11.2. The second kappa shape index (κ2) is 9.96. The predicted octanol–water partition coefficient (Wildman–Crippen LogP) is 8.02. The maximum atomic E-state index is 14.7. The van der Waals surface area contributed by atoms with E-state index in [2.05, 4.69) is 51.0 Å². The molecular formula is C38H49N3O3. The average molecular weight is 596 g/mol. The number of nitrogens with one attached hydrogen (secondary N) is 1. The lowest BCUT2D eigenvalue weighted by molar-refractivity contribution is -0.172. The number of amides is 1. The number of ketones is 2. The molecule has 0 saturated heterocycles. The Morgan fingerprint density at radius 1 is 1.02 bits per heavy atom. The van der Waals surface area contributed by atoms with Crippen LogP contribution in [0, 0.1) is 61.6 Å². The van der Waals surface area contributed by atoms with Gasteiger partial charge in [-0.1, -0.05) is 66.2 Å². The summed E-state index contributed by atoms with van der Waals surface area (Å²) in [6.45, 7) is 15.6. The Bertz CT molecular complexity index is 1510. The highest BCUT2D eigenvalue weighted by atomic mass is 16.2. The summed E-state index contributed by atoms with van der Waals surface area (Å²) in [5.74, 6) is 0.841. The van der Waals surface area contributed by atoms with Gasteiger partial charge in [0.25, 0.3) is 0 Å². The Hall–Kier alpha value is -3.07. The molecule has 0 spiro atoms. The molecule has 6 heteroatoms. The van der Waals surface area contributed by atoms with Crippen LogP contribution in [0.3, 0.4) is 0 Å². The first kappa shape index (κ1) is 30.9. The number of nitrogens with zero attached hydrogens (tertiary/aromatic N) is 2. The zero-order chi connectivity index (χ0) is 31.9. The zero-order valence-electron chi connectivity index (χ0n) is 27.7. The molecule has 1 amide bonds. The molecule has 3 saturated carbocycles. The molecule has 0 aromatic carbocycles. The Balaban J connectivity index is 1.39. The lowest BCUT2D eigenvalue weighted by Gasteiger charge is -2.69. The van der Waals surface area contributed by atoms with Gasteiger partial charge in [0, 0.05) is 29.4 Å². The number of anilines is 1. The third-order valence-electron chi connectivity index (χ3n) is 13.8. The number of hydrogen-bond donors (Lipinski definition) is 1. The highest BCUT2D eigenvalue weighted by molar-refractivity contribution is 6.04. The number of carbonyl (C=O) groups excluding carboxylic acids is 3. The number of hydrogen-bond acceptors (Lipinski definition) is 5. The van der Waals surface area contributed by atoms with E-state index >= 15 is 0 Å². The highest BCUT2D eigenvalue weighted by Gasteiger charge is 2.69. The van der Waals surface area contributed by atoms with Crippen LogP contribution in [-0.2, 0) is 14.4 Å². The molecule has 0 radical (unpaired) electrons. The lowest BCUT2D eigenvalue weighted by atomic mass is 9.34. The fourth-order valence-electron chi connectivity index (χ4n) is 11.2. The maximum absolute atomic E-state index is 14.7. The van der Waals surface area contributed by atoms with Crippen molar-refractivity contribution in [3.63, 3.8) is 0 Å². The van der Waals surface area contributed by atoms with Crippen LogP contribution in [0.2, 0.25) is 0 Å². The Morgan fingerprint density at radius 2 is 1.75 bits per heavy atom. The van der Waals surface area contributed by atoms with Crippen LogP contribution in [0.1, 0.15) is 106 Å². The monoisotopic (exact) mass is 595 g/mol. The van der Waals surface area contributed by atoms with Crippen LogP contribution in [0.4, 0.5) is 5.82 Å². The van der Waals surface area contributed by atoms with E-state index in [9.17, 15) is 19.6 Å². The van der Waals surface area contributed by atoms with E-state index in [0.717, 1.165) is 56.9 Å². The minimum Gasteiger partial charge on any atom is -0.311 e. The van der Waals surface area contributed by atoms with Crippen molar-refractivity contribution in [2.75, 3.05) is 5.32 Å². The molecule has 1 unspecified atom stereocenters. The Labute approximate surface area is 263 Å². The van der Waals surface area contributed by atoms with Gasteiger partial charge in [-0.2, -0.15) is 5.26 Å².